The molecule has 0 radical (unpaired) electrons. The molecule has 1 saturated heterocycles. The quantitative estimate of drug-likeness (QED) is 0.618. The average Bonchev–Trinajstić information content (AvgIpc) is 2.55. The van der Waals surface area contributed by atoms with Crippen LogP contribution in [0.1, 0.15) is 19.3 Å². The third-order valence-corrected chi connectivity index (χ3v) is 2.40. The van der Waals surface area contributed by atoms with Crippen molar-refractivity contribution in [2.45, 2.75) is 25.4 Å². The van der Waals surface area contributed by atoms with Crippen LogP contribution in [0.4, 0.5) is 0 Å². The van der Waals surface area contributed by atoms with Crippen LogP contribution in [0.2, 0.25) is 0 Å². The molecule has 0 aromatic rings. The van der Waals surface area contributed by atoms with E-state index >= 15 is 0 Å². The molecule has 1 atom stereocenters. The van der Waals surface area contributed by atoms with Crippen molar-refractivity contribution in [3.8, 4) is 0 Å². The normalized spacial score (nSPS) is 22.8. The molecule has 13 heavy (non-hydrogen) atoms. The molecular weight excluding hydrogens is 164 g/mol. The largest absolute Gasteiger partial charge is 0.378 e. The van der Waals surface area contributed by atoms with Gasteiger partial charge in [0, 0.05) is 19.7 Å². The highest BCUT2D eigenvalue weighted by atomic mass is 16.5. The van der Waals surface area contributed by atoms with Gasteiger partial charge in [0.05, 0.1) is 6.10 Å². The van der Waals surface area contributed by atoms with E-state index in [-0.39, 0.29) is 0 Å². The number of rotatable bonds is 6. The lowest BCUT2D eigenvalue weighted by Gasteiger charge is -2.12. The molecule has 1 fully saturated rings. The molecule has 1 heterocycles. The smallest absolute Gasteiger partial charge is 0.0588 e. The van der Waals surface area contributed by atoms with Gasteiger partial charge in [0.2, 0.25) is 0 Å². The summed E-state index contributed by atoms with van der Waals surface area (Å²) in [7, 11) is 4.20. The summed E-state index contributed by atoms with van der Waals surface area (Å²) in [6.45, 7) is 4.27. The molecule has 0 aromatic heterocycles. The van der Waals surface area contributed by atoms with Gasteiger partial charge in [-0.2, -0.15) is 0 Å². The zero-order chi connectivity index (χ0) is 9.52. The molecule has 1 N–H and O–H groups in total. The molecule has 3 heteroatoms. The van der Waals surface area contributed by atoms with E-state index in [1.807, 2.05) is 0 Å². The summed E-state index contributed by atoms with van der Waals surface area (Å²) in [5.41, 5.74) is 0. The Morgan fingerprint density at radius 3 is 2.85 bits per heavy atom. The Morgan fingerprint density at radius 1 is 1.38 bits per heavy atom. The molecule has 0 spiro atoms. The molecule has 1 aliphatic rings. The Labute approximate surface area is 81.4 Å². The van der Waals surface area contributed by atoms with Crippen molar-refractivity contribution >= 4 is 0 Å². The van der Waals surface area contributed by atoms with Gasteiger partial charge in [-0.05, 0) is 39.9 Å². The number of ether oxygens (including phenoxy) is 1. The van der Waals surface area contributed by atoms with Crippen molar-refractivity contribution in [3.05, 3.63) is 0 Å². The van der Waals surface area contributed by atoms with E-state index < -0.39 is 0 Å². The van der Waals surface area contributed by atoms with E-state index in [1.54, 1.807) is 0 Å². The maximum atomic E-state index is 5.53. The number of hydrogen-bond acceptors (Lipinski definition) is 3. The molecule has 0 amide bonds. The SMILES string of the molecule is CN(C)CCNCCC1CCCO1. The van der Waals surface area contributed by atoms with Crippen LogP contribution in [0.3, 0.4) is 0 Å². The van der Waals surface area contributed by atoms with Crippen molar-refractivity contribution in [2.24, 2.45) is 0 Å². The minimum absolute atomic E-state index is 0.534. The second-order valence-electron chi connectivity index (χ2n) is 3.98. The lowest BCUT2D eigenvalue weighted by molar-refractivity contribution is 0.104. The third kappa shape index (κ3) is 5.24. The topological polar surface area (TPSA) is 24.5 Å². The summed E-state index contributed by atoms with van der Waals surface area (Å²) in [5, 5.41) is 3.42. The van der Waals surface area contributed by atoms with Crippen LogP contribution in [0.5, 0.6) is 0 Å². The summed E-state index contributed by atoms with van der Waals surface area (Å²) < 4.78 is 5.53. The predicted octanol–water partition coefficient (Wildman–Crippen LogP) is 0.707. The van der Waals surface area contributed by atoms with Crippen LogP contribution in [-0.4, -0.2) is 51.3 Å². The molecule has 1 unspecified atom stereocenters. The summed E-state index contributed by atoms with van der Waals surface area (Å²) in [6, 6.07) is 0. The Balaban J connectivity index is 1.83. The van der Waals surface area contributed by atoms with E-state index in [2.05, 4.69) is 24.3 Å². The van der Waals surface area contributed by atoms with E-state index in [0.29, 0.717) is 6.10 Å². The van der Waals surface area contributed by atoms with Gasteiger partial charge in [-0.1, -0.05) is 0 Å². The first-order valence-corrected chi connectivity index (χ1v) is 5.26. The highest BCUT2D eigenvalue weighted by molar-refractivity contribution is 4.66. The molecule has 0 aliphatic carbocycles. The van der Waals surface area contributed by atoms with Gasteiger partial charge >= 0.3 is 0 Å². The van der Waals surface area contributed by atoms with Crippen LogP contribution in [0.15, 0.2) is 0 Å². The van der Waals surface area contributed by atoms with E-state index in [0.717, 1.165) is 26.2 Å². The maximum Gasteiger partial charge on any atom is 0.0588 e. The van der Waals surface area contributed by atoms with Crippen molar-refractivity contribution in [1.29, 1.82) is 0 Å². The van der Waals surface area contributed by atoms with Crippen molar-refractivity contribution in [2.75, 3.05) is 40.3 Å². The van der Waals surface area contributed by atoms with Crippen LogP contribution in [0, 0.1) is 0 Å². The van der Waals surface area contributed by atoms with Crippen LogP contribution < -0.4 is 5.32 Å². The molecule has 78 valence electrons. The Kier molecular flexibility index (Phi) is 5.35. The zero-order valence-electron chi connectivity index (χ0n) is 8.88. The first kappa shape index (κ1) is 11.0. The van der Waals surface area contributed by atoms with Crippen molar-refractivity contribution < 1.29 is 4.74 Å². The Morgan fingerprint density at radius 2 is 2.23 bits per heavy atom. The Bertz CT molecular complexity index is 122. The number of nitrogens with one attached hydrogen (secondary N) is 1. The lowest BCUT2D eigenvalue weighted by Crippen LogP contribution is -2.28. The fraction of sp³-hybridized carbons (Fsp3) is 1.00. The molecule has 0 bridgehead atoms. The summed E-state index contributed by atoms with van der Waals surface area (Å²) in [4.78, 5) is 2.19. The standard InChI is InChI=1S/C10H22N2O/c1-12(2)8-7-11-6-5-10-4-3-9-13-10/h10-11H,3-9H2,1-2H3. The second-order valence-corrected chi connectivity index (χ2v) is 3.98. The summed E-state index contributed by atoms with van der Waals surface area (Å²) in [5.74, 6) is 0. The lowest BCUT2D eigenvalue weighted by atomic mass is 10.2. The van der Waals surface area contributed by atoms with Gasteiger partial charge in [-0.15, -0.1) is 0 Å². The highest BCUT2D eigenvalue weighted by Crippen LogP contribution is 2.14. The number of hydrogen-bond donors (Lipinski definition) is 1. The maximum absolute atomic E-state index is 5.53. The van der Waals surface area contributed by atoms with Crippen LogP contribution in [-0.2, 0) is 4.74 Å². The van der Waals surface area contributed by atoms with E-state index in [4.69, 9.17) is 4.74 Å². The van der Waals surface area contributed by atoms with Gasteiger partial charge in [-0.3, -0.25) is 0 Å². The second kappa shape index (κ2) is 6.35. The molecule has 1 rings (SSSR count). The first-order valence-electron chi connectivity index (χ1n) is 5.26. The zero-order valence-corrected chi connectivity index (χ0v) is 8.88. The molecular formula is C10H22N2O. The summed E-state index contributed by atoms with van der Waals surface area (Å²) >= 11 is 0. The fourth-order valence-electron chi connectivity index (χ4n) is 1.56. The van der Waals surface area contributed by atoms with Gasteiger partial charge in [0.25, 0.3) is 0 Å². The highest BCUT2D eigenvalue weighted by Gasteiger charge is 2.13. The van der Waals surface area contributed by atoms with Crippen LogP contribution >= 0.6 is 0 Å². The predicted molar refractivity (Wildman–Crippen MR) is 55.0 cm³/mol. The van der Waals surface area contributed by atoms with Crippen molar-refractivity contribution in [1.82, 2.24) is 10.2 Å². The number of nitrogens with zero attached hydrogens (tertiary/aromatic N) is 1. The molecule has 0 saturated carbocycles. The van der Waals surface area contributed by atoms with E-state index in [1.165, 1.54) is 19.3 Å². The van der Waals surface area contributed by atoms with Crippen molar-refractivity contribution in [3.63, 3.8) is 0 Å². The van der Waals surface area contributed by atoms with Gasteiger partial charge in [-0.25, -0.2) is 0 Å². The monoisotopic (exact) mass is 186 g/mol. The first-order chi connectivity index (χ1) is 6.29. The van der Waals surface area contributed by atoms with Gasteiger partial charge in [0.15, 0.2) is 0 Å². The third-order valence-electron chi connectivity index (χ3n) is 2.40. The number of likely N-dealkylation sites (N-methyl/N-ethyl adjacent to an activating group) is 1. The van der Waals surface area contributed by atoms with Crippen LogP contribution in [0.25, 0.3) is 0 Å². The van der Waals surface area contributed by atoms with Gasteiger partial charge < -0.3 is 15.0 Å². The average molecular weight is 186 g/mol. The minimum Gasteiger partial charge on any atom is -0.378 e. The van der Waals surface area contributed by atoms with Gasteiger partial charge in [0.1, 0.15) is 0 Å². The summed E-state index contributed by atoms with van der Waals surface area (Å²) in [6.07, 6.45) is 4.22. The van der Waals surface area contributed by atoms with E-state index in [9.17, 15) is 0 Å². The Hall–Kier alpha value is -0.120. The molecule has 0 aromatic carbocycles. The molecule has 1 aliphatic heterocycles. The molecule has 3 nitrogen and oxygen atoms in total. The minimum atomic E-state index is 0.534. The fourth-order valence-corrected chi connectivity index (χ4v) is 1.56.